The lowest BCUT2D eigenvalue weighted by Crippen LogP contribution is -2.54. The van der Waals surface area contributed by atoms with Crippen molar-refractivity contribution in [2.24, 2.45) is 5.73 Å². The second-order valence-corrected chi connectivity index (χ2v) is 7.54. The van der Waals surface area contributed by atoms with Gasteiger partial charge in [-0.1, -0.05) is 30.3 Å². The average molecular weight is 481 g/mol. The first kappa shape index (κ1) is 28.5. The number of hydrogen-bond acceptors (Lipinski definition) is 8. The van der Waals surface area contributed by atoms with E-state index in [4.69, 9.17) is 9.84 Å². The number of benzene rings is 1. The van der Waals surface area contributed by atoms with Crippen molar-refractivity contribution >= 4 is 29.8 Å². The van der Waals surface area contributed by atoms with E-state index in [0.717, 1.165) is 10.5 Å². The molecule has 1 aliphatic rings. The zero-order chi connectivity index (χ0) is 25.8. The van der Waals surface area contributed by atoms with Gasteiger partial charge < -0.3 is 25.6 Å². The first-order chi connectivity index (χ1) is 16.0. The number of amides is 3. The molecule has 188 valence electrons. The van der Waals surface area contributed by atoms with Crippen LogP contribution in [0.5, 0.6) is 0 Å². The highest BCUT2D eigenvalue weighted by Crippen LogP contribution is 2.17. The van der Waals surface area contributed by atoms with Crippen molar-refractivity contribution in [2.45, 2.75) is 44.8 Å². The highest BCUT2D eigenvalue weighted by molar-refractivity contribution is 6.02. The second-order valence-electron chi connectivity index (χ2n) is 7.54. The Hall–Kier alpha value is -3.51. The van der Waals surface area contributed by atoms with Gasteiger partial charge in [-0.3, -0.25) is 19.7 Å². The Balaban J connectivity index is 0.00000104. The smallest absolute Gasteiger partial charge is 0.328 e. The fourth-order valence-corrected chi connectivity index (χ4v) is 3.22. The Morgan fingerprint density at radius 1 is 1.21 bits per heavy atom. The Morgan fingerprint density at radius 3 is 2.29 bits per heavy atom. The zero-order valence-electron chi connectivity index (χ0n) is 19.5. The summed E-state index contributed by atoms with van der Waals surface area (Å²) in [6.45, 7) is 3.03. The third kappa shape index (κ3) is 8.45. The molecule has 1 heterocycles. The highest BCUT2D eigenvalue weighted by atomic mass is 16.5. The summed E-state index contributed by atoms with van der Waals surface area (Å²) in [5.41, 5.74) is 5.60. The Kier molecular flexibility index (Phi) is 11.7. The van der Waals surface area contributed by atoms with Crippen LogP contribution in [0.15, 0.2) is 30.3 Å². The standard InChI is InChI=1S/C20H27N3O6.C2H5NO2/c1-4-29-19(27)15(11-10-14-8-6-5-7-9-14)21-13(2)17(24)23-16(18(25)26)12-22(3)20(23)28;3-1-2(4)5/h5-9,13,15-16,21H,4,10-12H2,1-3H3,(H,25,26);1,3H2,(H,4,5)/t13-,15-,16-;/m0./s1. The normalized spacial score (nSPS) is 16.8. The average Bonchev–Trinajstić information content (AvgIpc) is 3.11. The number of urea groups is 1. The summed E-state index contributed by atoms with van der Waals surface area (Å²) in [7, 11) is 1.44. The van der Waals surface area contributed by atoms with E-state index in [-0.39, 0.29) is 19.7 Å². The maximum atomic E-state index is 12.8. The molecule has 0 radical (unpaired) electrons. The summed E-state index contributed by atoms with van der Waals surface area (Å²) in [5, 5.41) is 19.8. The summed E-state index contributed by atoms with van der Waals surface area (Å²) in [5.74, 6) is -3.41. The molecule has 0 aliphatic carbocycles. The molecular formula is C22H32N4O8. The topological polar surface area (TPSA) is 180 Å². The van der Waals surface area contributed by atoms with E-state index < -0.39 is 48.0 Å². The van der Waals surface area contributed by atoms with Crippen LogP contribution in [0.2, 0.25) is 0 Å². The highest BCUT2D eigenvalue weighted by Gasteiger charge is 2.45. The number of carbonyl (C=O) groups excluding carboxylic acids is 3. The number of aliphatic carboxylic acids is 2. The molecule has 1 aliphatic heterocycles. The lowest BCUT2D eigenvalue weighted by Gasteiger charge is -2.26. The van der Waals surface area contributed by atoms with E-state index in [0.29, 0.717) is 12.8 Å². The van der Waals surface area contributed by atoms with E-state index in [2.05, 4.69) is 11.1 Å². The minimum Gasteiger partial charge on any atom is -0.480 e. The summed E-state index contributed by atoms with van der Waals surface area (Å²) in [6, 6.07) is 5.92. The summed E-state index contributed by atoms with van der Waals surface area (Å²) in [6.07, 6.45) is 0.970. The van der Waals surface area contributed by atoms with E-state index in [1.54, 1.807) is 6.92 Å². The van der Waals surface area contributed by atoms with Gasteiger partial charge >= 0.3 is 23.9 Å². The Bertz CT molecular complexity index is 864. The maximum Gasteiger partial charge on any atom is 0.328 e. The number of ether oxygens (including phenoxy) is 1. The Morgan fingerprint density at radius 2 is 1.79 bits per heavy atom. The molecule has 12 nitrogen and oxygen atoms in total. The van der Waals surface area contributed by atoms with Gasteiger partial charge in [0.1, 0.15) is 6.04 Å². The van der Waals surface area contributed by atoms with Crippen LogP contribution < -0.4 is 11.1 Å². The van der Waals surface area contributed by atoms with E-state index in [1.165, 1.54) is 18.9 Å². The molecule has 5 N–H and O–H groups in total. The molecule has 1 saturated heterocycles. The first-order valence-corrected chi connectivity index (χ1v) is 10.7. The van der Waals surface area contributed by atoms with Crippen LogP contribution in [0.4, 0.5) is 4.79 Å². The van der Waals surface area contributed by atoms with Crippen molar-refractivity contribution in [3.8, 4) is 0 Å². The number of carboxylic acids is 2. The van der Waals surface area contributed by atoms with Crippen LogP contribution in [0.25, 0.3) is 0 Å². The van der Waals surface area contributed by atoms with Gasteiger partial charge in [0, 0.05) is 7.05 Å². The quantitative estimate of drug-likeness (QED) is 0.330. The molecule has 1 aromatic carbocycles. The number of imide groups is 1. The molecule has 3 atom stereocenters. The minimum atomic E-state index is -1.26. The monoisotopic (exact) mass is 480 g/mol. The number of nitrogens with zero attached hydrogens (tertiary/aromatic N) is 2. The number of hydrogen-bond donors (Lipinski definition) is 4. The molecule has 12 heteroatoms. The number of rotatable bonds is 10. The number of aryl methyl sites for hydroxylation is 1. The van der Waals surface area contributed by atoms with Gasteiger partial charge in [0.15, 0.2) is 6.04 Å². The molecule has 2 rings (SSSR count). The largest absolute Gasteiger partial charge is 0.480 e. The summed E-state index contributed by atoms with van der Waals surface area (Å²) < 4.78 is 5.10. The van der Waals surface area contributed by atoms with Crippen LogP contribution in [0.1, 0.15) is 25.8 Å². The van der Waals surface area contributed by atoms with Crippen LogP contribution >= 0.6 is 0 Å². The van der Waals surface area contributed by atoms with Gasteiger partial charge in [0.25, 0.3) is 0 Å². The molecule has 0 saturated carbocycles. The van der Waals surface area contributed by atoms with Crippen molar-refractivity contribution in [3.05, 3.63) is 35.9 Å². The van der Waals surface area contributed by atoms with Crippen molar-refractivity contribution in [1.29, 1.82) is 0 Å². The van der Waals surface area contributed by atoms with E-state index in [9.17, 15) is 29.1 Å². The number of carboxylic acid groups (broad SMARTS) is 2. The fraction of sp³-hybridized carbons (Fsp3) is 0.500. The molecule has 1 aromatic rings. The minimum absolute atomic E-state index is 0.0814. The van der Waals surface area contributed by atoms with Gasteiger partial charge in [-0.15, -0.1) is 0 Å². The number of likely N-dealkylation sites (N-methyl/N-ethyl adjacent to an activating group) is 1. The summed E-state index contributed by atoms with van der Waals surface area (Å²) in [4.78, 5) is 60.0. The number of esters is 1. The predicted molar refractivity (Wildman–Crippen MR) is 121 cm³/mol. The van der Waals surface area contributed by atoms with Crippen molar-refractivity contribution in [3.63, 3.8) is 0 Å². The predicted octanol–water partition coefficient (Wildman–Crippen LogP) is -0.0941. The van der Waals surface area contributed by atoms with Crippen LogP contribution in [-0.2, 0) is 30.3 Å². The molecule has 34 heavy (non-hydrogen) atoms. The second kappa shape index (κ2) is 13.9. The van der Waals surface area contributed by atoms with Crippen LogP contribution in [-0.4, -0.2) is 94.7 Å². The zero-order valence-corrected chi connectivity index (χ0v) is 19.5. The van der Waals surface area contributed by atoms with Gasteiger partial charge in [0.2, 0.25) is 5.91 Å². The molecule has 0 spiro atoms. The van der Waals surface area contributed by atoms with Crippen molar-refractivity contribution in [1.82, 2.24) is 15.1 Å². The summed E-state index contributed by atoms with van der Waals surface area (Å²) >= 11 is 0. The number of nitrogens with one attached hydrogen (secondary N) is 1. The molecule has 0 aromatic heterocycles. The van der Waals surface area contributed by atoms with Gasteiger partial charge in [-0.2, -0.15) is 0 Å². The number of nitrogens with two attached hydrogens (primary N) is 1. The van der Waals surface area contributed by atoms with E-state index in [1.807, 2.05) is 30.3 Å². The van der Waals surface area contributed by atoms with E-state index >= 15 is 0 Å². The molecular weight excluding hydrogens is 448 g/mol. The van der Waals surface area contributed by atoms with Gasteiger partial charge in [-0.25, -0.2) is 14.5 Å². The molecule has 0 unspecified atom stereocenters. The third-order valence-corrected chi connectivity index (χ3v) is 4.95. The number of carbonyl (C=O) groups is 5. The third-order valence-electron chi connectivity index (χ3n) is 4.95. The first-order valence-electron chi connectivity index (χ1n) is 10.7. The molecule has 1 fully saturated rings. The van der Waals surface area contributed by atoms with Gasteiger partial charge in [0.05, 0.1) is 25.7 Å². The van der Waals surface area contributed by atoms with Crippen LogP contribution in [0.3, 0.4) is 0 Å². The van der Waals surface area contributed by atoms with Gasteiger partial charge in [-0.05, 0) is 32.3 Å². The fourth-order valence-electron chi connectivity index (χ4n) is 3.22. The lowest BCUT2D eigenvalue weighted by atomic mass is 10.0. The van der Waals surface area contributed by atoms with Crippen LogP contribution in [0, 0.1) is 0 Å². The molecule has 0 bridgehead atoms. The molecule has 3 amide bonds. The Labute approximate surface area is 197 Å². The van der Waals surface area contributed by atoms with Crippen molar-refractivity contribution in [2.75, 3.05) is 26.7 Å². The SMILES string of the molecule is CCOC(=O)[C@H](CCc1ccccc1)N[C@@H](C)C(=O)N1C(=O)N(C)C[C@H]1C(=O)O.NCC(=O)O. The maximum absolute atomic E-state index is 12.8. The van der Waals surface area contributed by atoms with Crippen molar-refractivity contribution < 1.29 is 38.9 Å². The lowest BCUT2D eigenvalue weighted by molar-refractivity contribution is -0.148.